The van der Waals surface area contributed by atoms with E-state index in [1.165, 1.54) is 16.7 Å². The van der Waals surface area contributed by atoms with Crippen LogP contribution in [0.3, 0.4) is 0 Å². The zero-order valence-corrected chi connectivity index (χ0v) is 14.3. The van der Waals surface area contributed by atoms with Crippen molar-refractivity contribution in [2.75, 3.05) is 5.88 Å². The summed E-state index contributed by atoms with van der Waals surface area (Å²) < 4.78 is 1.11. The topological polar surface area (TPSA) is 0 Å². The number of alkyl halides is 1. The van der Waals surface area contributed by atoms with Crippen molar-refractivity contribution in [1.82, 2.24) is 0 Å². The summed E-state index contributed by atoms with van der Waals surface area (Å²) in [6.07, 6.45) is 0.984. The second-order valence-corrected chi connectivity index (χ2v) is 6.73. The highest BCUT2D eigenvalue weighted by atomic mass is 79.9. The Morgan fingerprint density at radius 1 is 1.00 bits per heavy atom. The van der Waals surface area contributed by atoms with Crippen LogP contribution in [0.25, 0.3) is 0 Å². The number of rotatable bonds is 5. The van der Waals surface area contributed by atoms with E-state index in [4.69, 9.17) is 11.6 Å². The maximum atomic E-state index is 6.17. The quantitative estimate of drug-likeness (QED) is 0.568. The highest BCUT2D eigenvalue weighted by Gasteiger charge is 2.12. The lowest BCUT2D eigenvalue weighted by Gasteiger charge is -2.15. The van der Waals surface area contributed by atoms with E-state index in [0.29, 0.717) is 17.7 Å². The summed E-state index contributed by atoms with van der Waals surface area (Å²) in [5.41, 5.74) is 4.03. The lowest BCUT2D eigenvalue weighted by molar-refractivity contribution is 0.764. The molecule has 1 atom stereocenters. The Hall–Kier alpha value is -0.790. The SMILES string of the molecule is CC(C)c1ccc(CC(CCl)c2cccc(Br)c2)cc1. The predicted octanol–water partition coefficient (Wildman–Crippen LogP) is 6.14. The van der Waals surface area contributed by atoms with Crippen molar-refractivity contribution in [3.63, 3.8) is 0 Å². The molecule has 2 rings (SSSR count). The van der Waals surface area contributed by atoms with Gasteiger partial charge in [-0.1, -0.05) is 66.2 Å². The van der Waals surface area contributed by atoms with Gasteiger partial charge in [-0.15, -0.1) is 11.6 Å². The average Bonchev–Trinajstić information content (AvgIpc) is 2.45. The first-order valence-corrected chi connectivity index (χ1v) is 8.33. The monoisotopic (exact) mass is 350 g/mol. The molecule has 0 heterocycles. The second-order valence-electron chi connectivity index (χ2n) is 5.51. The van der Waals surface area contributed by atoms with Crippen LogP contribution in [0.15, 0.2) is 53.0 Å². The summed E-state index contributed by atoms with van der Waals surface area (Å²) in [5.74, 6) is 1.58. The van der Waals surface area contributed by atoms with Crippen LogP contribution in [0.2, 0.25) is 0 Å². The summed E-state index contributed by atoms with van der Waals surface area (Å²) >= 11 is 9.70. The molecule has 0 nitrogen and oxygen atoms in total. The highest BCUT2D eigenvalue weighted by molar-refractivity contribution is 9.10. The van der Waals surface area contributed by atoms with E-state index >= 15 is 0 Å². The Balaban J connectivity index is 2.14. The molecule has 0 fully saturated rings. The molecule has 0 radical (unpaired) electrons. The van der Waals surface area contributed by atoms with E-state index < -0.39 is 0 Å². The summed E-state index contributed by atoms with van der Waals surface area (Å²) in [6.45, 7) is 4.44. The van der Waals surface area contributed by atoms with Crippen LogP contribution in [-0.4, -0.2) is 5.88 Å². The van der Waals surface area contributed by atoms with Crippen molar-refractivity contribution in [3.8, 4) is 0 Å². The molecule has 0 amide bonds. The van der Waals surface area contributed by atoms with Gasteiger partial charge in [0.25, 0.3) is 0 Å². The van der Waals surface area contributed by atoms with E-state index in [-0.39, 0.29) is 0 Å². The number of hydrogen-bond acceptors (Lipinski definition) is 0. The van der Waals surface area contributed by atoms with Gasteiger partial charge in [0.2, 0.25) is 0 Å². The van der Waals surface area contributed by atoms with E-state index in [9.17, 15) is 0 Å². The lowest BCUT2D eigenvalue weighted by Crippen LogP contribution is -2.05. The average molecular weight is 352 g/mol. The molecule has 0 aliphatic carbocycles. The molecule has 0 aromatic heterocycles. The zero-order valence-electron chi connectivity index (χ0n) is 11.9. The molecule has 0 bridgehead atoms. The summed E-state index contributed by atoms with van der Waals surface area (Å²) in [5, 5.41) is 0. The van der Waals surface area contributed by atoms with Gasteiger partial charge in [-0.3, -0.25) is 0 Å². The first-order valence-electron chi connectivity index (χ1n) is 7.00. The maximum Gasteiger partial charge on any atom is 0.0295 e. The van der Waals surface area contributed by atoms with E-state index in [1.54, 1.807) is 0 Å². The summed E-state index contributed by atoms with van der Waals surface area (Å²) in [4.78, 5) is 0. The van der Waals surface area contributed by atoms with E-state index in [2.05, 4.69) is 72.2 Å². The summed E-state index contributed by atoms with van der Waals surface area (Å²) in [6, 6.07) is 17.3. The molecule has 0 aliphatic rings. The van der Waals surface area contributed by atoms with Crippen LogP contribution in [0.1, 0.15) is 42.4 Å². The van der Waals surface area contributed by atoms with Crippen molar-refractivity contribution >= 4 is 27.5 Å². The van der Waals surface area contributed by atoms with Crippen molar-refractivity contribution in [1.29, 1.82) is 0 Å². The minimum Gasteiger partial charge on any atom is -0.126 e. The fourth-order valence-electron chi connectivity index (χ4n) is 2.35. The van der Waals surface area contributed by atoms with Crippen LogP contribution in [0.4, 0.5) is 0 Å². The third kappa shape index (κ3) is 4.10. The normalized spacial score (nSPS) is 12.7. The minimum absolute atomic E-state index is 0.360. The predicted molar refractivity (Wildman–Crippen MR) is 91.8 cm³/mol. The first-order chi connectivity index (χ1) is 9.60. The molecule has 1 unspecified atom stereocenters. The fraction of sp³-hybridized carbons (Fsp3) is 0.333. The van der Waals surface area contributed by atoms with Crippen LogP contribution >= 0.6 is 27.5 Å². The Bertz CT molecular complexity index is 546. The summed E-state index contributed by atoms with van der Waals surface area (Å²) in [7, 11) is 0. The molecule has 0 aliphatic heterocycles. The maximum absolute atomic E-state index is 6.17. The van der Waals surface area contributed by atoms with Gasteiger partial charge in [-0.2, -0.15) is 0 Å². The number of benzene rings is 2. The van der Waals surface area contributed by atoms with E-state index in [1.807, 2.05) is 6.07 Å². The van der Waals surface area contributed by atoms with Gasteiger partial charge in [-0.25, -0.2) is 0 Å². The molecule has 2 aromatic rings. The van der Waals surface area contributed by atoms with Gasteiger partial charge in [0, 0.05) is 16.3 Å². The number of hydrogen-bond donors (Lipinski definition) is 0. The Labute approximate surface area is 135 Å². The lowest BCUT2D eigenvalue weighted by atomic mass is 9.92. The van der Waals surface area contributed by atoms with Crippen molar-refractivity contribution in [2.45, 2.75) is 32.1 Å². The van der Waals surface area contributed by atoms with Crippen LogP contribution in [-0.2, 0) is 6.42 Å². The smallest absolute Gasteiger partial charge is 0.0295 e. The second kappa shape index (κ2) is 7.28. The molecular formula is C18H20BrCl. The van der Waals surface area contributed by atoms with Gasteiger partial charge in [0.1, 0.15) is 0 Å². The van der Waals surface area contributed by atoms with Crippen LogP contribution < -0.4 is 0 Å². The Morgan fingerprint density at radius 3 is 2.25 bits per heavy atom. The van der Waals surface area contributed by atoms with Crippen molar-refractivity contribution in [2.24, 2.45) is 0 Å². The largest absolute Gasteiger partial charge is 0.126 e. The van der Waals surface area contributed by atoms with Gasteiger partial charge in [0.15, 0.2) is 0 Å². The molecule has 2 aromatic carbocycles. The Kier molecular flexibility index (Phi) is 5.68. The standard InChI is InChI=1S/C18H20BrCl/c1-13(2)15-8-6-14(7-9-15)10-17(12-20)16-4-3-5-18(19)11-16/h3-9,11,13,17H,10,12H2,1-2H3. The van der Waals surface area contributed by atoms with Crippen molar-refractivity contribution in [3.05, 3.63) is 69.7 Å². The fourth-order valence-corrected chi connectivity index (χ4v) is 3.05. The van der Waals surface area contributed by atoms with Crippen LogP contribution in [0.5, 0.6) is 0 Å². The molecule has 20 heavy (non-hydrogen) atoms. The van der Waals surface area contributed by atoms with Gasteiger partial charge in [0.05, 0.1) is 0 Å². The number of halogens is 2. The first kappa shape index (κ1) is 15.6. The zero-order chi connectivity index (χ0) is 14.5. The molecular weight excluding hydrogens is 332 g/mol. The molecule has 0 spiro atoms. The highest BCUT2D eigenvalue weighted by Crippen LogP contribution is 2.25. The molecule has 2 heteroatoms. The van der Waals surface area contributed by atoms with E-state index in [0.717, 1.165) is 10.9 Å². The minimum atomic E-state index is 0.360. The van der Waals surface area contributed by atoms with Gasteiger partial charge in [-0.05, 0) is 41.2 Å². The van der Waals surface area contributed by atoms with Gasteiger partial charge >= 0.3 is 0 Å². The van der Waals surface area contributed by atoms with Crippen LogP contribution in [0, 0.1) is 0 Å². The molecule has 0 saturated heterocycles. The third-order valence-corrected chi connectivity index (χ3v) is 4.50. The Morgan fingerprint density at radius 2 is 1.70 bits per heavy atom. The van der Waals surface area contributed by atoms with Gasteiger partial charge < -0.3 is 0 Å². The van der Waals surface area contributed by atoms with Crippen molar-refractivity contribution < 1.29 is 0 Å². The molecule has 0 N–H and O–H groups in total. The third-order valence-electron chi connectivity index (χ3n) is 3.63. The molecule has 106 valence electrons. The molecule has 0 saturated carbocycles.